The number of hydrogen-bond donors (Lipinski definition) is 1. The van der Waals surface area contributed by atoms with Crippen LogP contribution in [-0.2, 0) is 6.42 Å². The highest BCUT2D eigenvalue weighted by Gasteiger charge is 2.16. The number of fused-ring (bicyclic) bond motifs is 1. The molecule has 0 saturated carbocycles. The molecule has 0 amide bonds. The molecule has 0 aliphatic rings. The maximum absolute atomic E-state index is 12.0. The van der Waals surface area contributed by atoms with Gasteiger partial charge in [-0.1, -0.05) is 27.2 Å². The Labute approximate surface area is 104 Å². The van der Waals surface area contributed by atoms with Gasteiger partial charge in [0.1, 0.15) is 11.3 Å². The molecule has 0 aliphatic heterocycles. The van der Waals surface area contributed by atoms with Crippen LogP contribution in [0.15, 0.2) is 4.79 Å². The second-order valence-corrected chi connectivity index (χ2v) is 4.70. The van der Waals surface area contributed by atoms with Crippen molar-refractivity contribution in [1.29, 1.82) is 0 Å². The third kappa shape index (κ3) is 1.95. The molecule has 2 aromatic rings. The topological polar surface area (TPSA) is 63.6 Å². The molecule has 1 N–H and O–H groups in total. The van der Waals surface area contributed by atoms with Crippen molar-refractivity contribution < 1.29 is 0 Å². The van der Waals surface area contributed by atoms with Crippen molar-refractivity contribution in [2.45, 2.75) is 39.5 Å². The van der Waals surface area contributed by atoms with Crippen LogP contribution in [0.4, 0.5) is 0 Å². The molecule has 0 spiro atoms. The predicted molar refractivity (Wildman–Crippen MR) is 67.5 cm³/mol. The van der Waals surface area contributed by atoms with Crippen molar-refractivity contribution in [3.63, 3.8) is 0 Å². The number of nitrogens with one attached hydrogen (secondary N) is 1. The van der Waals surface area contributed by atoms with Gasteiger partial charge in [0.2, 0.25) is 0 Å². The number of hydrogen-bond acceptors (Lipinski definition) is 3. The first-order valence-electron chi connectivity index (χ1n) is 5.72. The summed E-state index contributed by atoms with van der Waals surface area (Å²) in [5.41, 5.74) is 1.56. The Morgan fingerprint density at radius 2 is 2.12 bits per heavy atom. The number of halogens is 1. The normalized spacial score (nSPS) is 11.6. The van der Waals surface area contributed by atoms with E-state index in [-0.39, 0.29) is 11.5 Å². The molecule has 6 heteroatoms. The molecule has 0 atom stereocenters. The average Bonchev–Trinajstić information content (AvgIpc) is 2.67. The van der Waals surface area contributed by atoms with E-state index in [0.717, 1.165) is 22.6 Å². The third-order valence-electron chi connectivity index (χ3n) is 2.64. The van der Waals surface area contributed by atoms with Gasteiger partial charge in [-0.2, -0.15) is 5.10 Å². The van der Waals surface area contributed by atoms with Gasteiger partial charge < -0.3 is 0 Å². The first kappa shape index (κ1) is 12.1. The van der Waals surface area contributed by atoms with Gasteiger partial charge in [0.15, 0.2) is 5.52 Å². The van der Waals surface area contributed by atoms with Gasteiger partial charge in [0, 0.05) is 17.7 Å². The molecule has 92 valence electrons. The predicted octanol–water partition coefficient (Wildman–Crippen LogP) is 2.20. The second kappa shape index (κ2) is 4.49. The molecule has 0 radical (unpaired) electrons. The van der Waals surface area contributed by atoms with Gasteiger partial charge in [-0.15, -0.1) is 0 Å². The fraction of sp³-hybridized carbons (Fsp3) is 0.545. The molecular formula is C11H15ClN4O. The fourth-order valence-corrected chi connectivity index (χ4v) is 2.09. The summed E-state index contributed by atoms with van der Waals surface area (Å²) in [6.45, 7) is 5.97. The number of aryl methyl sites for hydroxylation is 1. The second-order valence-electron chi connectivity index (χ2n) is 4.36. The zero-order valence-electron chi connectivity index (χ0n) is 10.1. The lowest BCUT2D eigenvalue weighted by atomic mass is 10.2. The Hall–Kier alpha value is -1.36. The summed E-state index contributed by atoms with van der Waals surface area (Å²) < 4.78 is 1.06. The number of aromatic nitrogens is 4. The molecule has 5 nitrogen and oxygen atoms in total. The number of aromatic amines is 1. The van der Waals surface area contributed by atoms with Crippen LogP contribution in [-0.4, -0.2) is 19.3 Å². The summed E-state index contributed by atoms with van der Waals surface area (Å²) in [7, 11) is 0. The van der Waals surface area contributed by atoms with Crippen molar-refractivity contribution in [3.8, 4) is 0 Å². The molecule has 2 aromatic heterocycles. The SMILES string of the molecule is CCCc1[nH]nc2c(=O)n(Cl)c(C(C)C)nc12. The first-order chi connectivity index (χ1) is 8.06. The van der Waals surface area contributed by atoms with E-state index in [4.69, 9.17) is 11.8 Å². The van der Waals surface area contributed by atoms with Gasteiger partial charge in [0.05, 0.1) is 5.69 Å². The standard InChI is InChI=1S/C11H15ClN4O/c1-4-5-7-8-9(15-14-7)11(17)16(12)10(13-8)6(2)3/h6H,4-5H2,1-3H3,(H,14,15). The van der Waals surface area contributed by atoms with Crippen molar-refractivity contribution in [3.05, 3.63) is 21.9 Å². The van der Waals surface area contributed by atoms with E-state index >= 15 is 0 Å². The van der Waals surface area contributed by atoms with Crippen molar-refractivity contribution >= 4 is 22.8 Å². The minimum atomic E-state index is -0.307. The highest BCUT2D eigenvalue weighted by molar-refractivity contribution is 6.16. The van der Waals surface area contributed by atoms with Crippen LogP contribution >= 0.6 is 11.8 Å². The number of rotatable bonds is 3. The Morgan fingerprint density at radius 3 is 2.71 bits per heavy atom. The van der Waals surface area contributed by atoms with Crippen LogP contribution in [0.25, 0.3) is 11.0 Å². The van der Waals surface area contributed by atoms with E-state index in [1.54, 1.807) is 0 Å². The fourth-order valence-electron chi connectivity index (χ4n) is 1.78. The monoisotopic (exact) mass is 254 g/mol. The van der Waals surface area contributed by atoms with Crippen LogP contribution in [0.3, 0.4) is 0 Å². The van der Waals surface area contributed by atoms with E-state index in [9.17, 15) is 4.79 Å². The van der Waals surface area contributed by atoms with Crippen LogP contribution in [0, 0.1) is 0 Å². The summed E-state index contributed by atoms with van der Waals surface area (Å²) in [5.74, 6) is 0.664. The highest BCUT2D eigenvalue weighted by atomic mass is 35.5. The average molecular weight is 255 g/mol. The van der Waals surface area contributed by atoms with E-state index in [2.05, 4.69) is 22.1 Å². The van der Waals surface area contributed by atoms with Crippen LogP contribution in [0.2, 0.25) is 0 Å². The van der Waals surface area contributed by atoms with Crippen molar-refractivity contribution in [1.82, 2.24) is 19.3 Å². The van der Waals surface area contributed by atoms with E-state index in [0.29, 0.717) is 16.9 Å². The van der Waals surface area contributed by atoms with E-state index in [1.165, 1.54) is 0 Å². The molecule has 0 bridgehead atoms. The molecule has 0 fully saturated rings. The Kier molecular flexibility index (Phi) is 3.19. The summed E-state index contributed by atoms with van der Waals surface area (Å²) in [6, 6.07) is 0. The van der Waals surface area contributed by atoms with Gasteiger partial charge in [-0.3, -0.25) is 9.89 Å². The van der Waals surface area contributed by atoms with Gasteiger partial charge in [-0.25, -0.2) is 9.07 Å². The molecule has 0 aliphatic carbocycles. The van der Waals surface area contributed by atoms with Crippen molar-refractivity contribution in [2.75, 3.05) is 0 Å². The minimum absolute atomic E-state index is 0.0916. The molecule has 2 rings (SSSR count). The molecular weight excluding hydrogens is 240 g/mol. The third-order valence-corrected chi connectivity index (χ3v) is 2.96. The first-order valence-corrected chi connectivity index (χ1v) is 6.06. The molecule has 0 unspecified atom stereocenters. The molecule has 0 saturated heterocycles. The maximum Gasteiger partial charge on any atom is 0.296 e. The smallest absolute Gasteiger partial charge is 0.280 e. The number of nitrogens with zero attached hydrogens (tertiary/aromatic N) is 3. The summed E-state index contributed by atoms with van der Waals surface area (Å²) in [5, 5.41) is 6.86. The quantitative estimate of drug-likeness (QED) is 0.913. The summed E-state index contributed by atoms with van der Waals surface area (Å²) >= 11 is 5.94. The summed E-state index contributed by atoms with van der Waals surface area (Å²) in [6.07, 6.45) is 1.80. The van der Waals surface area contributed by atoms with Gasteiger partial charge in [-0.05, 0) is 6.42 Å². The lowest BCUT2D eigenvalue weighted by molar-refractivity contribution is 0.752. The summed E-state index contributed by atoms with van der Waals surface area (Å²) in [4.78, 5) is 16.4. The van der Waals surface area contributed by atoms with E-state index in [1.807, 2.05) is 13.8 Å². The lowest BCUT2D eigenvalue weighted by Crippen LogP contribution is -2.19. The highest BCUT2D eigenvalue weighted by Crippen LogP contribution is 2.17. The Morgan fingerprint density at radius 1 is 1.41 bits per heavy atom. The maximum atomic E-state index is 12.0. The molecule has 2 heterocycles. The van der Waals surface area contributed by atoms with Crippen LogP contribution in [0.1, 0.15) is 44.6 Å². The van der Waals surface area contributed by atoms with E-state index < -0.39 is 0 Å². The number of H-pyrrole nitrogens is 1. The molecule has 0 aromatic carbocycles. The van der Waals surface area contributed by atoms with Crippen LogP contribution < -0.4 is 5.56 Å². The Balaban J connectivity index is 2.76. The zero-order valence-corrected chi connectivity index (χ0v) is 10.9. The van der Waals surface area contributed by atoms with Crippen molar-refractivity contribution in [2.24, 2.45) is 0 Å². The Bertz CT molecular complexity index is 599. The van der Waals surface area contributed by atoms with Gasteiger partial charge in [0.25, 0.3) is 5.56 Å². The minimum Gasteiger partial charge on any atom is -0.280 e. The van der Waals surface area contributed by atoms with Crippen LogP contribution in [0.5, 0.6) is 0 Å². The zero-order chi connectivity index (χ0) is 12.6. The van der Waals surface area contributed by atoms with Gasteiger partial charge >= 0.3 is 0 Å². The lowest BCUT2D eigenvalue weighted by Gasteiger charge is -2.07. The largest absolute Gasteiger partial charge is 0.296 e. The molecule has 17 heavy (non-hydrogen) atoms.